The van der Waals surface area contributed by atoms with E-state index < -0.39 is 0 Å². The molecule has 0 saturated heterocycles. The number of aromatic nitrogens is 4. The van der Waals surface area contributed by atoms with Gasteiger partial charge in [0.2, 0.25) is 0 Å². The first-order valence-corrected chi connectivity index (χ1v) is 16.3. The predicted molar refractivity (Wildman–Crippen MR) is 194 cm³/mol. The van der Waals surface area contributed by atoms with Crippen molar-refractivity contribution in [1.29, 1.82) is 0 Å². The molecule has 6 heteroatoms. The minimum absolute atomic E-state index is 0. The molecule has 0 bridgehead atoms. The number of para-hydroxylation sites is 1. The molecule has 3 heterocycles. The second-order valence-corrected chi connectivity index (χ2v) is 12.4. The van der Waals surface area contributed by atoms with Crippen LogP contribution in [0.5, 0.6) is 11.5 Å². The molecule has 0 amide bonds. The normalized spacial score (nSPS) is 11.3. The van der Waals surface area contributed by atoms with Crippen LogP contribution in [0.25, 0.3) is 55.6 Å². The van der Waals surface area contributed by atoms with Crippen LogP contribution in [-0.4, -0.2) is 19.3 Å². The van der Waals surface area contributed by atoms with Crippen molar-refractivity contribution in [3.05, 3.63) is 157 Å². The number of pyridine rings is 1. The minimum Gasteiger partial charge on any atom is -0.509 e. The Bertz CT molecular complexity index is 2420. The average Bonchev–Trinajstić information content (AvgIpc) is 3.61. The molecule has 8 aromatic rings. The van der Waals surface area contributed by atoms with E-state index in [0.29, 0.717) is 17.4 Å². The van der Waals surface area contributed by atoms with Crippen molar-refractivity contribution in [3.63, 3.8) is 0 Å². The third-order valence-corrected chi connectivity index (χ3v) is 9.00. The SMILES string of the molecule is Cc1nn(-c2[c-]c(Oc3[c-]c4c(cc3)c3ccccc3n4-c3cc(C(C)C)ccn3)ccc2)c(C)c1-c1ccc(-c2ccccc2)cc1.[Pt+2]. The van der Waals surface area contributed by atoms with Gasteiger partial charge in [-0.05, 0) is 71.3 Å². The topological polar surface area (TPSA) is 44.9 Å². The van der Waals surface area contributed by atoms with Gasteiger partial charge in [-0.2, -0.15) is 17.2 Å². The maximum Gasteiger partial charge on any atom is 2.00 e. The quantitative estimate of drug-likeness (QED) is 0.151. The van der Waals surface area contributed by atoms with Gasteiger partial charge in [-0.1, -0.05) is 92.2 Å². The molecule has 0 aliphatic heterocycles. The number of fused-ring (bicyclic) bond motifs is 3. The van der Waals surface area contributed by atoms with Crippen LogP contribution >= 0.6 is 0 Å². The van der Waals surface area contributed by atoms with Gasteiger partial charge in [0.1, 0.15) is 5.82 Å². The number of ether oxygens (including phenoxy) is 1. The summed E-state index contributed by atoms with van der Waals surface area (Å²) in [6, 6.07) is 48.8. The molecule has 5 nitrogen and oxygen atoms in total. The first kappa shape index (κ1) is 32.3. The van der Waals surface area contributed by atoms with Crippen LogP contribution < -0.4 is 4.74 Å². The first-order chi connectivity index (χ1) is 23.4. The zero-order valence-corrected chi connectivity index (χ0v) is 30.0. The van der Waals surface area contributed by atoms with E-state index in [9.17, 15) is 0 Å². The fraction of sp³-hybridized carbons (Fsp3) is 0.116. The number of aryl methyl sites for hydroxylation is 1. The van der Waals surface area contributed by atoms with Crippen LogP contribution in [0, 0.1) is 26.0 Å². The fourth-order valence-electron chi connectivity index (χ4n) is 6.58. The molecule has 0 spiro atoms. The number of hydrogen-bond acceptors (Lipinski definition) is 3. The molecule has 0 saturated carbocycles. The Morgan fingerprint density at radius 1 is 0.673 bits per heavy atom. The first-order valence-electron chi connectivity index (χ1n) is 16.3. The van der Waals surface area contributed by atoms with Crippen LogP contribution in [0.4, 0.5) is 0 Å². The molecule has 49 heavy (non-hydrogen) atoms. The molecule has 0 aliphatic rings. The van der Waals surface area contributed by atoms with Crippen LogP contribution in [0.3, 0.4) is 0 Å². The molecule has 0 aliphatic carbocycles. The van der Waals surface area contributed by atoms with Gasteiger partial charge in [0.25, 0.3) is 0 Å². The number of benzene rings is 5. The van der Waals surface area contributed by atoms with E-state index in [-0.39, 0.29) is 21.1 Å². The van der Waals surface area contributed by atoms with Crippen molar-refractivity contribution >= 4 is 21.8 Å². The predicted octanol–water partition coefficient (Wildman–Crippen LogP) is 10.8. The van der Waals surface area contributed by atoms with Crippen molar-refractivity contribution in [2.75, 3.05) is 0 Å². The van der Waals surface area contributed by atoms with E-state index in [2.05, 4.69) is 135 Å². The van der Waals surface area contributed by atoms with Crippen molar-refractivity contribution < 1.29 is 25.8 Å². The summed E-state index contributed by atoms with van der Waals surface area (Å²) in [7, 11) is 0. The Morgan fingerprint density at radius 3 is 2.18 bits per heavy atom. The van der Waals surface area contributed by atoms with E-state index in [1.54, 1.807) is 0 Å². The summed E-state index contributed by atoms with van der Waals surface area (Å²) in [5.41, 5.74) is 10.7. The van der Waals surface area contributed by atoms with Crippen LogP contribution in [0.15, 0.2) is 128 Å². The Labute approximate surface area is 301 Å². The van der Waals surface area contributed by atoms with E-state index in [1.165, 1.54) is 16.7 Å². The van der Waals surface area contributed by atoms with Crippen molar-refractivity contribution in [2.45, 2.75) is 33.6 Å². The Morgan fingerprint density at radius 2 is 1.39 bits per heavy atom. The Kier molecular flexibility index (Phi) is 8.79. The van der Waals surface area contributed by atoms with Gasteiger partial charge in [0.05, 0.1) is 5.69 Å². The van der Waals surface area contributed by atoms with E-state index >= 15 is 0 Å². The van der Waals surface area contributed by atoms with Crippen molar-refractivity contribution in [3.8, 4) is 45.3 Å². The second kappa shape index (κ2) is 13.3. The van der Waals surface area contributed by atoms with Gasteiger partial charge in [-0.3, -0.25) is 4.68 Å². The molecular formula is C43H34N4OPt. The number of hydrogen-bond donors (Lipinski definition) is 0. The Balaban J connectivity index is 0.00000378. The van der Waals surface area contributed by atoms with Gasteiger partial charge in [0, 0.05) is 34.5 Å². The molecule has 242 valence electrons. The van der Waals surface area contributed by atoms with Gasteiger partial charge in [-0.15, -0.1) is 35.7 Å². The van der Waals surface area contributed by atoms with Gasteiger partial charge in [0.15, 0.2) is 0 Å². The Hall–Kier alpha value is -5.25. The molecule has 0 unspecified atom stereocenters. The molecule has 3 aromatic heterocycles. The zero-order valence-electron chi connectivity index (χ0n) is 27.7. The van der Waals surface area contributed by atoms with Crippen molar-refractivity contribution in [1.82, 2.24) is 19.3 Å². The van der Waals surface area contributed by atoms with Gasteiger partial charge < -0.3 is 9.30 Å². The zero-order chi connectivity index (χ0) is 32.8. The number of nitrogens with zero attached hydrogens (tertiary/aromatic N) is 4. The smallest absolute Gasteiger partial charge is 0.509 e. The molecule has 0 N–H and O–H groups in total. The van der Waals surface area contributed by atoms with Gasteiger partial charge in [-0.25, -0.2) is 4.98 Å². The average molecular weight is 818 g/mol. The summed E-state index contributed by atoms with van der Waals surface area (Å²) < 4.78 is 10.5. The van der Waals surface area contributed by atoms with E-state index in [4.69, 9.17) is 14.8 Å². The molecule has 8 rings (SSSR count). The summed E-state index contributed by atoms with van der Waals surface area (Å²) in [4.78, 5) is 4.77. The molecule has 0 fully saturated rings. The molecule has 0 radical (unpaired) electrons. The summed E-state index contributed by atoms with van der Waals surface area (Å²) in [6.07, 6.45) is 1.89. The van der Waals surface area contributed by atoms with E-state index in [1.807, 2.05) is 41.2 Å². The summed E-state index contributed by atoms with van der Waals surface area (Å²) >= 11 is 0. The summed E-state index contributed by atoms with van der Waals surface area (Å²) in [5, 5.41) is 7.17. The second-order valence-electron chi connectivity index (χ2n) is 12.4. The van der Waals surface area contributed by atoms with Crippen molar-refractivity contribution in [2.24, 2.45) is 0 Å². The third kappa shape index (κ3) is 6.00. The molecular weight excluding hydrogens is 784 g/mol. The van der Waals surface area contributed by atoms with Gasteiger partial charge >= 0.3 is 21.1 Å². The third-order valence-electron chi connectivity index (χ3n) is 9.00. The van der Waals surface area contributed by atoms with E-state index in [0.717, 1.165) is 55.8 Å². The maximum absolute atomic E-state index is 6.43. The fourth-order valence-corrected chi connectivity index (χ4v) is 6.58. The summed E-state index contributed by atoms with van der Waals surface area (Å²) in [5.74, 6) is 2.45. The standard InChI is InChI=1S/C43H34N4O.Pt/c1-28(2)34-23-24-44-42(25-34)46-40-16-9-8-15-38(40)39-22-21-37(27-41(39)46)48-36-14-10-13-35(26-36)47-30(4)43(29(3)45-47)33-19-17-32(18-20-33)31-11-6-5-7-12-31;/h5-25,28H,1-4H3;/q-2;+2. The molecule has 0 atom stereocenters. The maximum atomic E-state index is 6.43. The van der Waals surface area contributed by atoms with Crippen LogP contribution in [-0.2, 0) is 21.1 Å². The number of rotatable bonds is 7. The minimum atomic E-state index is 0. The van der Waals surface area contributed by atoms with Crippen LogP contribution in [0.1, 0.15) is 36.7 Å². The molecule has 5 aromatic carbocycles. The summed E-state index contributed by atoms with van der Waals surface area (Å²) in [6.45, 7) is 8.55. The van der Waals surface area contributed by atoms with Crippen LogP contribution in [0.2, 0.25) is 0 Å². The largest absolute Gasteiger partial charge is 2.00 e. The monoisotopic (exact) mass is 817 g/mol.